The van der Waals surface area contributed by atoms with Gasteiger partial charge in [0.25, 0.3) is 11.6 Å². The molecule has 1 atom stereocenters. The van der Waals surface area contributed by atoms with Crippen LogP contribution in [-0.2, 0) is 0 Å². The van der Waals surface area contributed by atoms with Crippen LogP contribution in [0.25, 0.3) is 0 Å². The molecule has 1 unspecified atom stereocenters. The van der Waals surface area contributed by atoms with E-state index >= 15 is 0 Å². The number of carbonyl (C=O) groups excluding carboxylic acids is 1. The number of hydrogen-bond donors (Lipinski definition) is 2. The largest absolute Gasteiger partial charge is 0.352 e. The number of carbonyl (C=O) groups is 1. The molecular formula is C15H22ClN3O3. The van der Waals surface area contributed by atoms with E-state index in [2.05, 4.69) is 10.6 Å². The molecule has 6 nitrogen and oxygen atoms in total. The molecule has 7 heteroatoms. The van der Waals surface area contributed by atoms with Gasteiger partial charge in [-0.05, 0) is 51.3 Å². The van der Waals surface area contributed by atoms with Gasteiger partial charge in [-0.15, -0.1) is 12.4 Å². The van der Waals surface area contributed by atoms with E-state index in [9.17, 15) is 14.9 Å². The van der Waals surface area contributed by atoms with Gasteiger partial charge in [0.1, 0.15) is 0 Å². The molecule has 1 amide bonds. The predicted octanol–water partition coefficient (Wildman–Crippen LogP) is 2.44. The molecule has 0 aliphatic carbocycles. The Balaban J connectivity index is 0.00000242. The van der Waals surface area contributed by atoms with E-state index in [0.717, 1.165) is 19.5 Å². The zero-order valence-electron chi connectivity index (χ0n) is 12.6. The smallest absolute Gasteiger partial charge is 0.273 e. The third-order valence-corrected chi connectivity index (χ3v) is 3.98. The summed E-state index contributed by atoms with van der Waals surface area (Å²) in [5, 5.41) is 17.1. The number of amides is 1. The first-order valence-corrected chi connectivity index (χ1v) is 7.32. The molecule has 0 radical (unpaired) electrons. The molecule has 1 saturated heterocycles. The molecule has 1 heterocycles. The van der Waals surface area contributed by atoms with E-state index in [4.69, 9.17) is 0 Å². The standard InChI is InChI=1S/C15H21N3O3.ClH/c1-11-13(5-2-6-14(11)18(20)21)15(19)17-9-7-12-4-3-8-16-10-12;/h2,5-6,12,16H,3-4,7-10H2,1H3,(H,17,19);1H. The molecule has 1 aromatic carbocycles. The Morgan fingerprint density at radius 2 is 2.27 bits per heavy atom. The summed E-state index contributed by atoms with van der Waals surface area (Å²) in [4.78, 5) is 22.6. The van der Waals surface area contributed by atoms with Crippen LogP contribution in [0.2, 0.25) is 0 Å². The average Bonchev–Trinajstić information content (AvgIpc) is 2.48. The Hall–Kier alpha value is -1.66. The quantitative estimate of drug-likeness (QED) is 0.642. The summed E-state index contributed by atoms with van der Waals surface area (Å²) in [5.41, 5.74) is 0.782. The van der Waals surface area contributed by atoms with Crippen LogP contribution in [0.4, 0.5) is 5.69 Å². The fraction of sp³-hybridized carbons (Fsp3) is 0.533. The number of hydrogen-bond acceptors (Lipinski definition) is 4. The Labute approximate surface area is 136 Å². The first kappa shape index (κ1) is 18.4. The van der Waals surface area contributed by atoms with Gasteiger partial charge in [-0.2, -0.15) is 0 Å². The number of nitro groups is 1. The molecule has 0 spiro atoms. The number of nitrogens with one attached hydrogen (secondary N) is 2. The third kappa shape index (κ3) is 4.68. The number of nitrogens with zero attached hydrogens (tertiary/aromatic N) is 1. The average molecular weight is 328 g/mol. The second kappa shape index (κ2) is 8.70. The van der Waals surface area contributed by atoms with E-state index in [-0.39, 0.29) is 24.0 Å². The zero-order valence-corrected chi connectivity index (χ0v) is 13.4. The lowest BCUT2D eigenvalue weighted by Crippen LogP contribution is -2.33. The van der Waals surface area contributed by atoms with E-state index in [1.807, 2.05) is 0 Å². The van der Waals surface area contributed by atoms with Crippen LogP contribution < -0.4 is 10.6 Å². The van der Waals surface area contributed by atoms with Gasteiger partial charge in [-0.25, -0.2) is 0 Å². The van der Waals surface area contributed by atoms with Crippen molar-refractivity contribution in [2.75, 3.05) is 19.6 Å². The van der Waals surface area contributed by atoms with E-state index < -0.39 is 4.92 Å². The summed E-state index contributed by atoms with van der Waals surface area (Å²) in [6, 6.07) is 4.59. The van der Waals surface area contributed by atoms with Crippen LogP contribution in [0.15, 0.2) is 18.2 Å². The lowest BCUT2D eigenvalue weighted by molar-refractivity contribution is -0.385. The second-order valence-electron chi connectivity index (χ2n) is 5.46. The molecule has 1 fully saturated rings. The highest BCUT2D eigenvalue weighted by atomic mass is 35.5. The molecule has 122 valence electrons. The van der Waals surface area contributed by atoms with Crippen molar-refractivity contribution in [3.63, 3.8) is 0 Å². The summed E-state index contributed by atoms with van der Waals surface area (Å²) in [7, 11) is 0. The Kier molecular flexibility index (Phi) is 7.27. The monoisotopic (exact) mass is 327 g/mol. The van der Waals surface area contributed by atoms with Gasteiger partial charge < -0.3 is 10.6 Å². The highest BCUT2D eigenvalue weighted by Crippen LogP contribution is 2.21. The number of nitro benzene ring substituents is 1. The topological polar surface area (TPSA) is 84.3 Å². The molecule has 1 aliphatic heterocycles. The van der Waals surface area contributed by atoms with Gasteiger partial charge in [0, 0.05) is 23.7 Å². The molecule has 0 bridgehead atoms. The molecule has 22 heavy (non-hydrogen) atoms. The fourth-order valence-corrected chi connectivity index (χ4v) is 2.72. The van der Waals surface area contributed by atoms with Gasteiger partial charge in [-0.3, -0.25) is 14.9 Å². The molecular weight excluding hydrogens is 306 g/mol. The van der Waals surface area contributed by atoms with E-state index in [1.54, 1.807) is 19.1 Å². The Morgan fingerprint density at radius 3 is 2.91 bits per heavy atom. The lowest BCUT2D eigenvalue weighted by atomic mass is 9.96. The third-order valence-electron chi connectivity index (χ3n) is 3.98. The highest BCUT2D eigenvalue weighted by molar-refractivity contribution is 5.96. The normalized spacial score (nSPS) is 17.4. The summed E-state index contributed by atoms with van der Waals surface area (Å²) < 4.78 is 0. The number of piperidine rings is 1. The molecule has 1 aromatic rings. The summed E-state index contributed by atoms with van der Waals surface area (Å²) in [6.07, 6.45) is 3.31. The van der Waals surface area contributed by atoms with Crippen LogP contribution >= 0.6 is 12.4 Å². The van der Waals surface area contributed by atoms with Crippen LogP contribution in [0.3, 0.4) is 0 Å². The molecule has 2 N–H and O–H groups in total. The summed E-state index contributed by atoms with van der Waals surface area (Å²) in [5.74, 6) is 0.366. The van der Waals surface area contributed by atoms with Gasteiger partial charge >= 0.3 is 0 Å². The van der Waals surface area contributed by atoms with Crippen molar-refractivity contribution >= 4 is 24.0 Å². The van der Waals surface area contributed by atoms with E-state index in [0.29, 0.717) is 23.6 Å². The molecule has 0 aromatic heterocycles. The van der Waals surface area contributed by atoms with Crippen LogP contribution in [0.1, 0.15) is 35.2 Å². The van der Waals surface area contributed by atoms with Crippen LogP contribution in [-0.4, -0.2) is 30.5 Å². The maximum Gasteiger partial charge on any atom is 0.273 e. The predicted molar refractivity (Wildman–Crippen MR) is 87.6 cm³/mol. The fourth-order valence-electron chi connectivity index (χ4n) is 2.72. The van der Waals surface area contributed by atoms with Gasteiger partial charge in [0.15, 0.2) is 0 Å². The first-order chi connectivity index (χ1) is 10.1. The van der Waals surface area contributed by atoms with Crippen molar-refractivity contribution in [2.24, 2.45) is 5.92 Å². The van der Waals surface area contributed by atoms with Crippen molar-refractivity contribution in [3.8, 4) is 0 Å². The highest BCUT2D eigenvalue weighted by Gasteiger charge is 2.18. The second-order valence-corrected chi connectivity index (χ2v) is 5.46. The first-order valence-electron chi connectivity index (χ1n) is 7.32. The van der Waals surface area contributed by atoms with Gasteiger partial charge in [0.2, 0.25) is 0 Å². The van der Waals surface area contributed by atoms with E-state index in [1.165, 1.54) is 18.9 Å². The molecule has 1 aliphatic rings. The number of halogens is 1. The minimum atomic E-state index is -0.459. The maximum absolute atomic E-state index is 12.1. The Morgan fingerprint density at radius 1 is 1.50 bits per heavy atom. The van der Waals surface area contributed by atoms with Crippen LogP contribution in [0, 0.1) is 23.0 Å². The maximum atomic E-state index is 12.1. The number of benzene rings is 1. The van der Waals surface area contributed by atoms with Crippen molar-refractivity contribution in [1.82, 2.24) is 10.6 Å². The summed E-state index contributed by atoms with van der Waals surface area (Å²) >= 11 is 0. The van der Waals surface area contributed by atoms with Crippen molar-refractivity contribution in [3.05, 3.63) is 39.4 Å². The molecule has 0 saturated carbocycles. The van der Waals surface area contributed by atoms with Gasteiger partial charge in [0.05, 0.1) is 4.92 Å². The van der Waals surface area contributed by atoms with Crippen LogP contribution in [0.5, 0.6) is 0 Å². The minimum Gasteiger partial charge on any atom is -0.352 e. The zero-order chi connectivity index (χ0) is 15.2. The minimum absolute atomic E-state index is 0. The lowest BCUT2D eigenvalue weighted by Gasteiger charge is -2.22. The van der Waals surface area contributed by atoms with Crippen molar-refractivity contribution in [2.45, 2.75) is 26.2 Å². The van der Waals surface area contributed by atoms with Crippen molar-refractivity contribution in [1.29, 1.82) is 0 Å². The van der Waals surface area contributed by atoms with Crippen molar-refractivity contribution < 1.29 is 9.72 Å². The SMILES string of the molecule is Cc1c(C(=O)NCCC2CCCNC2)cccc1[N+](=O)[O-].Cl. The molecule has 2 rings (SSSR count). The van der Waals surface area contributed by atoms with Gasteiger partial charge in [-0.1, -0.05) is 6.07 Å². The Bertz CT molecular complexity index is 531. The number of rotatable bonds is 5. The summed E-state index contributed by atoms with van der Waals surface area (Å²) in [6.45, 7) is 4.30.